The van der Waals surface area contributed by atoms with Gasteiger partial charge in [0, 0.05) is 12.1 Å². The minimum Gasteiger partial charge on any atom is -0.342 e. The summed E-state index contributed by atoms with van der Waals surface area (Å²) >= 11 is 0. The highest BCUT2D eigenvalue weighted by Gasteiger charge is 2.44. The number of imidazole rings is 1. The number of hydrogen-bond acceptors (Lipinski definition) is 4. The van der Waals surface area contributed by atoms with E-state index in [0.717, 1.165) is 40.2 Å². The summed E-state index contributed by atoms with van der Waals surface area (Å²) in [5.41, 5.74) is 3.94. The fourth-order valence-corrected chi connectivity index (χ4v) is 3.62. The van der Waals surface area contributed by atoms with Gasteiger partial charge in [0.1, 0.15) is 17.9 Å². The van der Waals surface area contributed by atoms with Crippen molar-refractivity contribution in [2.45, 2.75) is 39.2 Å². The van der Waals surface area contributed by atoms with Gasteiger partial charge in [0.25, 0.3) is 5.91 Å². The molecule has 3 N–H and O–H groups in total. The summed E-state index contributed by atoms with van der Waals surface area (Å²) in [6.07, 6.45) is 1.59. The number of aromatic amines is 1. The van der Waals surface area contributed by atoms with Crippen molar-refractivity contribution in [1.82, 2.24) is 20.2 Å². The van der Waals surface area contributed by atoms with Crippen molar-refractivity contribution in [1.29, 1.82) is 0 Å². The molecule has 0 aliphatic carbocycles. The van der Waals surface area contributed by atoms with Crippen LogP contribution < -0.4 is 10.6 Å². The van der Waals surface area contributed by atoms with Gasteiger partial charge in [-0.15, -0.1) is 0 Å². The molecule has 0 atom stereocenters. The number of carbonyl (C=O) groups excluding carboxylic acids is 3. The number of aromatic nitrogens is 2. The molecule has 8 nitrogen and oxygen atoms in total. The van der Waals surface area contributed by atoms with Crippen molar-refractivity contribution < 1.29 is 14.4 Å². The molecule has 31 heavy (non-hydrogen) atoms. The van der Waals surface area contributed by atoms with E-state index in [4.69, 9.17) is 0 Å². The van der Waals surface area contributed by atoms with E-state index in [2.05, 4.69) is 33.6 Å². The zero-order valence-electron chi connectivity index (χ0n) is 17.8. The molecule has 1 fully saturated rings. The van der Waals surface area contributed by atoms with Gasteiger partial charge in [-0.05, 0) is 62.6 Å². The van der Waals surface area contributed by atoms with Crippen LogP contribution in [0.25, 0.3) is 11.0 Å². The smallest absolute Gasteiger partial charge is 0.325 e. The molecular formula is C23H25N5O3. The van der Waals surface area contributed by atoms with Gasteiger partial charge in [-0.25, -0.2) is 9.78 Å². The zero-order valence-corrected chi connectivity index (χ0v) is 17.8. The quantitative estimate of drug-likeness (QED) is 0.534. The minimum absolute atomic E-state index is 0.318. The van der Waals surface area contributed by atoms with E-state index in [1.54, 1.807) is 13.8 Å². The van der Waals surface area contributed by atoms with Crippen molar-refractivity contribution >= 4 is 34.6 Å². The second-order valence-electron chi connectivity index (χ2n) is 8.40. The Labute approximate surface area is 180 Å². The zero-order chi connectivity index (χ0) is 22.2. The lowest BCUT2D eigenvalue weighted by atomic mass is 10.1. The van der Waals surface area contributed by atoms with Gasteiger partial charge in [-0.2, -0.15) is 0 Å². The van der Waals surface area contributed by atoms with Crippen LogP contribution in [0.5, 0.6) is 0 Å². The van der Waals surface area contributed by atoms with Crippen molar-refractivity contribution in [2.24, 2.45) is 0 Å². The van der Waals surface area contributed by atoms with Gasteiger partial charge in [0.05, 0.1) is 11.0 Å². The van der Waals surface area contributed by atoms with E-state index >= 15 is 0 Å². The fourth-order valence-electron chi connectivity index (χ4n) is 3.62. The van der Waals surface area contributed by atoms with E-state index in [1.807, 2.05) is 36.4 Å². The van der Waals surface area contributed by atoms with E-state index < -0.39 is 23.4 Å². The largest absolute Gasteiger partial charge is 0.342 e. The Hall–Kier alpha value is -3.68. The van der Waals surface area contributed by atoms with Gasteiger partial charge in [-0.3, -0.25) is 14.5 Å². The number of rotatable bonds is 6. The molecule has 0 unspecified atom stereocenters. The molecular weight excluding hydrogens is 394 g/mol. The monoisotopic (exact) mass is 419 g/mol. The third-order valence-electron chi connectivity index (χ3n) is 5.32. The number of nitrogens with zero attached hydrogens (tertiary/aromatic N) is 2. The van der Waals surface area contributed by atoms with E-state index in [9.17, 15) is 14.4 Å². The number of fused-ring (bicyclic) bond motifs is 1. The SMILES string of the molecule is Cc1ccc2nc(CCc3ccc(NC(=O)CN4C(=O)NC(C)(C)C4=O)cc3)[nH]c2c1. The molecule has 0 bridgehead atoms. The molecule has 160 valence electrons. The Morgan fingerprint density at radius 2 is 1.84 bits per heavy atom. The number of imide groups is 1. The average Bonchev–Trinajstić information content (AvgIpc) is 3.20. The van der Waals surface area contributed by atoms with E-state index in [0.29, 0.717) is 5.69 Å². The Kier molecular flexibility index (Phi) is 5.22. The predicted molar refractivity (Wildman–Crippen MR) is 118 cm³/mol. The average molecular weight is 419 g/mol. The summed E-state index contributed by atoms with van der Waals surface area (Å²) in [5, 5.41) is 5.29. The van der Waals surface area contributed by atoms with Gasteiger partial charge < -0.3 is 15.6 Å². The molecule has 2 aromatic carbocycles. The molecule has 3 aromatic rings. The first-order chi connectivity index (χ1) is 14.7. The summed E-state index contributed by atoms with van der Waals surface area (Å²) in [4.78, 5) is 45.3. The Morgan fingerprint density at radius 1 is 1.10 bits per heavy atom. The second kappa shape index (κ2) is 7.86. The number of anilines is 1. The molecule has 2 heterocycles. The van der Waals surface area contributed by atoms with Crippen molar-refractivity contribution in [3.8, 4) is 0 Å². The highest BCUT2D eigenvalue weighted by Crippen LogP contribution is 2.18. The lowest BCUT2D eigenvalue weighted by molar-refractivity contribution is -0.132. The number of carbonyl (C=O) groups is 3. The number of aryl methyl sites for hydroxylation is 3. The highest BCUT2D eigenvalue weighted by molar-refractivity contribution is 6.09. The van der Waals surface area contributed by atoms with Gasteiger partial charge >= 0.3 is 6.03 Å². The normalized spacial score (nSPS) is 15.4. The van der Waals surface area contributed by atoms with Crippen LogP contribution in [0.4, 0.5) is 10.5 Å². The lowest BCUT2D eigenvalue weighted by Crippen LogP contribution is -2.41. The summed E-state index contributed by atoms with van der Waals surface area (Å²) in [7, 11) is 0. The van der Waals surface area contributed by atoms with Crippen LogP contribution in [0.3, 0.4) is 0 Å². The summed E-state index contributed by atoms with van der Waals surface area (Å²) in [6.45, 7) is 4.95. The Balaban J connectivity index is 1.32. The van der Waals surface area contributed by atoms with Crippen molar-refractivity contribution in [3.05, 3.63) is 59.4 Å². The lowest BCUT2D eigenvalue weighted by Gasteiger charge is -2.15. The van der Waals surface area contributed by atoms with E-state index in [-0.39, 0.29) is 6.54 Å². The van der Waals surface area contributed by atoms with Gasteiger partial charge in [-0.1, -0.05) is 18.2 Å². The summed E-state index contributed by atoms with van der Waals surface area (Å²) < 4.78 is 0. The molecule has 1 saturated heterocycles. The Morgan fingerprint density at radius 3 is 2.52 bits per heavy atom. The third kappa shape index (κ3) is 4.42. The first kappa shape index (κ1) is 20.6. The number of amides is 4. The first-order valence-electron chi connectivity index (χ1n) is 10.2. The van der Waals surface area contributed by atoms with E-state index in [1.165, 1.54) is 5.56 Å². The minimum atomic E-state index is -0.988. The van der Waals surface area contributed by atoms with Crippen LogP contribution >= 0.6 is 0 Å². The van der Waals surface area contributed by atoms with Gasteiger partial charge in [0.15, 0.2) is 0 Å². The van der Waals surface area contributed by atoms with Crippen LogP contribution in [0.2, 0.25) is 0 Å². The topological polar surface area (TPSA) is 107 Å². The molecule has 4 rings (SSSR count). The molecule has 0 radical (unpaired) electrons. The molecule has 4 amide bonds. The van der Waals surface area contributed by atoms with Crippen molar-refractivity contribution in [2.75, 3.05) is 11.9 Å². The maximum Gasteiger partial charge on any atom is 0.325 e. The molecule has 0 saturated carbocycles. The van der Waals surface area contributed by atoms with Crippen LogP contribution in [0.1, 0.15) is 30.8 Å². The highest BCUT2D eigenvalue weighted by atomic mass is 16.2. The number of benzene rings is 2. The molecule has 0 spiro atoms. The van der Waals surface area contributed by atoms with Gasteiger partial charge in [0.2, 0.25) is 5.91 Å². The molecule has 1 aromatic heterocycles. The summed E-state index contributed by atoms with van der Waals surface area (Å²) in [5.74, 6) is 0.102. The molecule has 1 aliphatic heterocycles. The molecule has 1 aliphatic rings. The first-order valence-corrected chi connectivity index (χ1v) is 10.2. The second-order valence-corrected chi connectivity index (χ2v) is 8.40. The van der Waals surface area contributed by atoms with Crippen LogP contribution in [-0.2, 0) is 22.4 Å². The fraction of sp³-hybridized carbons (Fsp3) is 0.304. The predicted octanol–water partition coefficient (Wildman–Crippen LogP) is 2.93. The number of hydrogen-bond donors (Lipinski definition) is 3. The standard InChI is InChI=1S/C23H25N5O3/c1-14-4-10-17-18(12-14)26-19(25-17)11-7-15-5-8-16(9-6-15)24-20(29)13-28-21(30)23(2,3)27-22(28)31/h4-6,8-10,12H,7,11,13H2,1-3H3,(H,24,29)(H,25,26)(H,27,31). The van der Waals surface area contributed by atoms with Crippen LogP contribution in [-0.4, -0.2) is 44.8 Å². The van der Waals surface area contributed by atoms with Crippen molar-refractivity contribution in [3.63, 3.8) is 0 Å². The van der Waals surface area contributed by atoms with Crippen LogP contribution in [0, 0.1) is 6.92 Å². The molecule has 8 heteroatoms. The maximum absolute atomic E-state index is 12.3. The number of H-pyrrole nitrogens is 1. The number of urea groups is 1. The Bertz CT molecular complexity index is 1160. The summed E-state index contributed by atoms with van der Waals surface area (Å²) in [6, 6.07) is 13.1. The number of nitrogens with one attached hydrogen (secondary N) is 3. The maximum atomic E-state index is 12.3. The van der Waals surface area contributed by atoms with Crippen LogP contribution in [0.15, 0.2) is 42.5 Å². The third-order valence-corrected chi connectivity index (χ3v) is 5.32.